The lowest BCUT2D eigenvalue weighted by Crippen LogP contribution is -2.50. The number of hydrogen-bond donors (Lipinski definition) is 0. The van der Waals surface area contributed by atoms with Gasteiger partial charge in [0, 0.05) is 0 Å². The molecule has 1 aliphatic rings. The Balaban J connectivity index is 3.02. The summed E-state index contributed by atoms with van der Waals surface area (Å²) in [7, 11) is 0. The first kappa shape index (κ1) is 17.0. The molecule has 1 fully saturated rings. The summed E-state index contributed by atoms with van der Waals surface area (Å²) in [6, 6.07) is -0.280. The monoisotopic (exact) mass is 285 g/mol. The number of ether oxygens (including phenoxy) is 2. The number of hydrogen-bond acceptors (Lipinski definition) is 4. The fourth-order valence-corrected chi connectivity index (χ4v) is 2.52. The molecule has 0 aliphatic carbocycles. The van der Waals surface area contributed by atoms with Gasteiger partial charge in [-0.1, -0.05) is 13.8 Å². The number of nitrogens with zero attached hydrogens (tertiary/aromatic N) is 1. The van der Waals surface area contributed by atoms with Crippen LogP contribution in [-0.4, -0.2) is 40.8 Å². The zero-order valence-corrected chi connectivity index (χ0v) is 13.6. The third kappa shape index (κ3) is 3.95. The van der Waals surface area contributed by atoms with Gasteiger partial charge in [0.1, 0.15) is 17.4 Å². The summed E-state index contributed by atoms with van der Waals surface area (Å²) >= 11 is 0. The molecule has 0 aromatic heterocycles. The van der Waals surface area contributed by atoms with Crippen molar-refractivity contribution in [2.75, 3.05) is 0 Å². The topological polar surface area (TPSA) is 55.8 Å². The molecule has 0 spiro atoms. The molecular formula is C15H27NO4. The number of carbonyl (C=O) groups is 2. The normalized spacial score (nSPS) is 25.9. The summed E-state index contributed by atoms with van der Waals surface area (Å²) < 4.78 is 11.2. The van der Waals surface area contributed by atoms with Gasteiger partial charge in [-0.25, -0.2) is 4.79 Å². The van der Waals surface area contributed by atoms with E-state index in [9.17, 15) is 9.59 Å². The zero-order valence-electron chi connectivity index (χ0n) is 13.6. The lowest BCUT2D eigenvalue weighted by Gasteiger charge is -2.35. The van der Waals surface area contributed by atoms with E-state index in [2.05, 4.69) is 13.8 Å². The van der Waals surface area contributed by atoms with Gasteiger partial charge in [-0.2, -0.15) is 0 Å². The lowest BCUT2D eigenvalue weighted by molar-refractivity contribution is -0.124. The fraction of sp³-hybridized carbons (Fsp3) is 0.867. The van der Waals surface area contributed by atoms with E-state index in [4.69, 9.17) is 9.47 Å². The van der Waals surface area contributed by atoms with Crippen molar-refractivity contribution in [3.05, 3.63) is 0 Å². The van der Waals surface area contributed by atoms with Crippen molar-refractivity contribution in [3.63, 3.8) is 0 Å². The average Bonchev–Trinajstić information content (AvgIpc) is 2.45. The van der Waals surface area contributed by atoms with Gasteiger partial charge in [0.25, 0.3) is 0 Å². The molecule has 0 bridgehead atoms. The van der Waals surface area contributed by atoms with E-state index >= 15 is 0 Å². The molecular weight excluding hydrogens is 258 g/mol. The Labute approximate surface area is 121 Å². The Bertz CT molecular complexity index is 371. The first-order valence-corrected chi connectivity index (χ1v) is 7.13. The Morgan fingerprint density at radius 1 is 1.40 bits per heavy atom. The van der Waals surface area contributed by atoms with Gasteiger partial charge >= 0.3 is 6.09 Å². The molecule has 0 aromatic rings. The van der Waals surface area contributed by atoms with Gasteiger partial charge in [-0.3, -0.25) is 4.90 Å². The number of amides is 1. The van der Waals surface area contributed by atoms with Crippen molar-refractivity contribution in [2.24, 2.45) is 5.92 Å². The van der Waals surface area contributed by atoms with Crippen LogP contribution in [0.25, 0.3) is 0 Å². The summed E-state index contributed by atoms with van der Waals surface area (Å²) in [5.41, 5.74) is -1.41. The van der Waals surface area contributed by atoms with Gasteiger partial charge in [-0.15, -0.1) is 0 Å². The van der Waals surface area contributed by atoms with Crippen LogP contribution in [0.1, 0.15) is 54.9 Å². The second-order valence-corrected chi connectivity index (χ2v) is 7.21. The molecule has 20 heavy (non-hydrogen) atoms. The zero-order chi connectivity index (χ0) is 15.7. The summed E-state index contributed by atoms with van der Waals surface area (Å²) in [5, 5.41) is 0. The highest BCUT2D eigenvalue weighted by Gasteiger charge is 2.51. The van der Waals surface area contributed by atoms with Crippen molar-refractivity contribution in [3.8, 4) is 0 Å². The van der Waals surface area contributed by atoms with E-state index in [0.29, 0.717) is 12.3 Å². The maximum Gasteiger partial charge on any atom is 0.412 e. The molecule has 0 aromatic carbocycles. The van der Waals surface area contributed by atoms with Gasteiger partial charge in [-0.05, 0) is 47.0 Å². The highest BCUT2D eigenvalue weighted by Crippen LogP contribution is 2.35. The van der Waals surface area contributed by atoms with E-state index in [1.807, 2.05) is 20.8 Å². The SMILES string of the molecule is CC(C)CC1C(C=O)OC(C)(C)N1C(=O)OC(C)(C)C. The van der Waals surface area contributed by atoms with Crippen LogP contribution in [0.2, 0.25) is 0 Å². The van der Waals surface area contributed by atoms with Crippen molar-refractivity contribution in [1.82, 2.24) is 4.90 Å². The van der Waals surface area contributed by atoms with E-state index < -0.39 is 23.5 Å². The quantitative estimate of drug-likeness (QED) is 0.748. The summed E-state index contributed by atoms with van der Waals surface area (Å²) in [4.78, 5) is 25.2. The molecule has 2 unspecified atom stereocenters. The Morgan fingerprint density at radius 2 is 1.95 bits per heavy atom. The molecule has 1 rings (SSSR count). The predicted molar refractivity (Wildman–Crippen MR) is 76.3 cm³/mol. The highest BCUT2D eigenvalue weighted by atomic mass is 16.6. The van der Waals surface area contributed by atoms with Crippen LogP contribution in [0, 0.1) is 5.92 Å². The average molecular weight is 285 g/mol. The van der Waals surface area contributed by atoms with Crippen LogP contribution < -0.4 is 0 Å². The van der Waals surface area contributed by atoms with Crippen LogP contribution in [0.5, 0.6) is 0 Å². The maximum absolute atomic E-state index is 12.4. The predicted octanol–water partition coefficient (Wildman–Crippen LogP) is 2.97. The molecule has 0 radical (unpaired) electrons. The van der Waals surface area contributed by atoms with Crippen molar-refractivity contribution < 1.29 is 19.1 Å². The van der Waals surface area contributed by atoms with Crippen LogP contribution in [0.3, 0.4) is 0 Å². The largest absolute Gasteiger partial charge is 0.444 e. The first-order valence-electron chi connectivity index (χ1n) is 7.13. The third-order valence-corrected chi connectivity index (χ3v) is 3.15. The minimum atomic E-state index is -0.840. The molecule has 1 heterocycles. The molecule has 0 N–H and O–H groups in total. The van der Waals surface area contributed by atoms with E-state index in [0.717, 1.165) is 6.29 Å². The van der Waals surface area contributed by atoms with Gasteiger partial charge in [0.05, 0.1) is 6.04 Å². The molecule has 1 aliphatic heterocycles. The Morgan fingerprint density at radius 3 is 2.35 bits per heavy atom. The maximum atomic E-state index is 12.4. The molecule has 5 nitrogen and oxygen atoms in total. The lowest BCUT2D eigenvalue weighted by atomic mass is 9.99. The smallest absolute Gasteiger partial charge is 0.412 e. The second kappa shape index (κ2) is 5.72. The van der Waals surface area contributed by atoms with Gasteiger partial charge in [0.2, 0.25) is 0 Å². The van der Waals surface area contributed by atoms with Gasteiger partial charge in [0.15, 0.2) is 6.29 Å². The number of rotatable bonds is 3. The first-order chi connectivity index (χ1) is 8.98. The van der Waals surface area contributed by atoms with Crippen molar-refractivity contribution in [2.45, 2.75) is 78.4 Å². The van der Waals surface area contributed by atoms with E-state index in [-0.39, 0.29) is 6.04 Å². The minimum Gasteiger partial charge on any atom is -0.444 e. The van der Waals surface area contributed by atoms with Crippen LogP contribution in [0.15, 0.2) is 0 Å². The molecule has 1 saturated heterocycles. The fourth-order valence-electron chi connectivity index (χ4n) is 2.52. The molecule has 2 atom stereocenters. The minimum absolute atomic E-state index is 0.280. The Kier molecular flexibility index (Phi) is 4.85. The van der Waals surface area contributed by atoms with Crippen molar-refractivity contribution >= 4 is 12.4 Å². The third-order valence-electron chi connectivity index (χ3n) is 3.15. The summed E-state index contributed by atoms with van der Waals surface area (Å²) in [6.45, 7) is 13.2. The highest BCUT2D eigenvalue weighted by molar-refractivity contribution is 5.72. The second-order valence-electron chi connectivity index (χ2n) is 7.21. The molecule has 1 amide bonds. The Hall–Kier alpha value is -1.10. The van der Waals surface area contributed by atoms with E-state index in [1.165, 1.54) is 0 Å². The molecule has 116 valence electrons. The van der Waals surface area contributed by atoms with Gasteiger partial charge < -0.3 is 14.3 Å². The number of carbonyl (C=O) groups excluding carboxylic acids is 2. The standard InChI is InChI=1S/C15H27NO4/c1-10(2)8-11-12(9-17)19-15(6,7)16(11)13(18)20-14(3,4)5/h9-12H,8H2,1-7H3. The summed E-state index contributed by atoms with van der Waals surface area (Å²) in [5.74, 6) is 0.352. The summed E-state index contributed by atoms with van der Waals surface area (Å²) in [6.07, 6.45) is 0.447. The van der Waals surface area contributed by atoms with Crippen LogP contribution >= 0.6 is 0 Å². The van der Waals surface area contributed by atoms with Crippen LogP contribution in [0.4, 0.5) is 4.79 Å². The number of aldehydes is 1. The molecule has 5 heteroatoms. The van der Waals surface area contributed by atoms with E-state index in [1.54, 1.807) is 18.7 Å². The van der Waals surface area contributed by atoms with Crippen molar-refractivity contribution in [1.29, 1.82) is 0 Å². The van der Waals surface area contributed by atoms with Crippen LogP contribution in [-0.2, 0) is 14.3 Å². The molecule has 0 saturated carbocycles.